The summed E-state index contributed by atoms with van der Waals surface area (Å²) in [7, 11) is 0. The number of hydrogen-bond donors (Lipinski definition) is 1. The van der Waals surface area contributed by atoms with Crippen LogP contribution in [0, 0.1) is 22.0 Å². The van der Waals surface area contributed by atoms with E-state index in [4.69, 9.17) is 5.73 Å². The molecule has 1 aromatic rings. The highest BCUT2D eigenvalue weighted by molar-refractivity contribution is 5.61. The number of allylic oxidation sites excluding steroid dienone is 4. The summed E-state index contributed by atoms with van der Waals surface area (Å²) in [5.74, 6) is 5.81. The zero-order valence-corrected chi connectivity index (χ0v) is 9.01. The maximum absolute atomic E-state index is 10.6. The van der Waals surface area contributed by atoms with E-state index >= 15 is 0 Å². The van der Waals surface area contributed by atoms with Gasteiger partial charge in [0.05, 0.1) is 10.5 Å². The highest BCUT2D eigenvalue weighted by atomic mass is 16.6. The first-order valence-corrected chi connectivity index (χ1v) is 5.08. The van der Waals surface area contributed by atoms with Gasteiger partial charge >= 0.3 is 0 Å². The van der Waals surface area contributed by atoms with E-state index in [1.807, 2.05) is 18.2 Å². The fourth-order valence-electron chi connectivity index (χ4n) is 1.45. The highest BCUT2D eigenvalue weighted by Gasteiger charge is 2.07. The minimum Gasteiger partial charge on any atom is -0.398 e. The van der Waals surface area contributed by atoms with Crippen LogP contribution in [-0.4, -0.2) is 4.92 Å². The van der Waals surface area contributed by atoms with Gasteiger partial charge in [-0.1, -0.05) is 30.1 Å². The van der Waals surface area contributed by atoms with Crippen molar-refractivity contribution in [3.05, 3.63) is 57.7 Å². The van der Waals surface area contributed by atoms with Crippen molar-refractivity contribution in [2.75, 3.05) is 5.73 Å². The number of non-ortho nitro benzene ring substituents is 1. The van der Waals surface area contributed by atoms with Crippen LogP contribution >= 0.6 is 0 Å². The largest absolute Gasteiger partial charge is 0.398 e. The van der Waals surface area contributed by atoms with E-state index in [2.05, 4.69) is 11.8 Å². The SMILES string of the molecule is Nc1ccc([N+](=O)[O-])cc1C#CC1=CC=CC1. The molecule has 0 atom stereocenters. The van der Waals surface area contributed by atoms with Crippen molar-refractivity contribution >= 4 is 11.4 Å². The van der Waals surface area contributed by atoms with Crippen LogP contribution < -0.4 is 5.73 Å². The molecule has 0 saturated heterocycles. The van der Waals surface area contributed by atoms with Crippen LogP contribution in [0.4, 0.5) is 11.4 Å². The molecule has 0 aliphatic heterocycles. The predicted molar refractivity (Wildman–Crippen MR) is 66.2 cm³/mol. The first kappa shape index (κ1) is 11.0. The van der Waals surface area contributed by atoms with Crippen molar-refractivity contribution < 1.29 is 4.92 Å². The van der Waals surface area contributed by atoms with Gasteiger partial charge in [-0.05, 0) is 12.5 Å². The predicted octanol–water partition coefficient (Wildman–Crippen LogP) is 2.41. The van der Waals surface area contributed by atoms with E-state index in [1.165, 1.54) is 18.2 Å². The molecule has 1 aromatic carbocycles. The van der Waals surface area contributed by atoms with Gasteiger partial charge in [-0.15, -0.1) is 0 Å². The second-order valence-corrected chi connectivity index (χ2v) is 3.60. The topological polar surface area (TPSA) is 69.2 Å². The molecule has 84 valence electrons. The Labute approximate surface area is 98.6 Å². The minimum absolute atomic E-state index is 0.00188. The molecular formula is C13H10N2O2. The number of benzene rings is 1. The number of nitrogen functional groups attached to an aromatic ring is 1. The molecule has 0 fully saturated rings. The minimum atomic E-state index is -0.457. The summed E-state index contributed by atoms with van der Waals surface area (Å²) in [6.45, 7) is 0. The number of nitrogens with two attached hydrogens (primary N) is 1. The van der Waals surface area contributed by atoms with E-state index in [0.717, 1.165) is 12.0 Å². The normalized spacial score (nSPS) is 12.8. The Morgan fingerprint density at radius 2 is 2.18 bits per heavy atom. The Hall–Kier alpha value is -2.54. The zero-order valence-electron chi connectivity index (χ0n) is 9.01. The van der Waals surface area contributed by atoms with Gasteiger partial charge in [0.25, 0.3) is 5.69 Å². The van der Waals surface area contributed by atoms with Crippen molar-refractivity contribution in [1.82, 2.24) is 0 Å². The molecule has 0 bridgehead atoms. The van der Waals surface area contributed by atoms with Gasteiger partial charge in [0.2, 0.25) is 0 Å². The molecule has 2 rings (SSSR count). The fourth-order valence-corrected chi connectivity index (χ4v) is 1.45. The monoisotopic (exact) mass is 226 g/mol. The maximum Gasteiger partial charge on any atom is 0.270 e. The third-order valence-electron chi connectivity index (χ3n) is 2.38. The molecule has 4 heteroatoms. The molecular weight excluding hydrogens is 216 g/mol. The lowest BCUT2D eigenvalue weighted by Gasteiger charge is -1.97. The third-order valence-corrected chi connectivity index (χ3v) is 2.38. The number of anilines is 1. The summed E-state index contributed by atoms with van der Waals surface area (Å²) in [4.78, 5) is 10.2. The van der Waals surface area contributed by atoms with E-state index in [-0.39, 0.29) is 5.69 Å². The van der Waals surface area contributed by atoms with Crippen molar-refractivity contribution in [1.29, 1.82) is 0 Å². The second kappa shape index (κ2) is 4.54. The summed E-state index contributed by atoms with van der Waals surface area (Å²) < 4.78 is 0. The van der Waals surface area contributed by atoms with Crippen LogP contribution in [0.5, 0.6) is 0 Å². The number of nitro benzene ring substituents is 1. The Bertz CT molecular complexity index is 589. The Balaban J connectivity index is 2.31. The van der Waals surface area contributed by atoms with Crippen molar-refractivity contribution in [3.8, 4) is 11.8 Å². The molecule has 4 nitrogen and oxygen atoms in total. The van der Waals surface area contributed by atoms with Gasteiger partial charge in [-0.25, -0.2) is 0 Å². The lowest BCUT2D eigenvalue weighted by molar-refractivity contribution is -0.384. The lowest BCUT2D eigenvalue weighted by Crippen LogP contribution is -1.93. The molecule has 17 heavy (non-hydrogen) atoms. The van der Waals surface area contributed by atoms with E-state index in [1.54, 1.807) is 0 Å². The van der Waals surface area contributed by atoms with E-state index in [9.17, 15) is 10.1 Å². The number of nitrogens with zero attached hydrogens (tertiary/aromatic N) is 1. The molecule has 0 unspecified atom stereocenters. The highest BCUT2D eigenvalue weighted by Crippen LogP contribution is 2.19. The van der Waals surface area contributed by atoms with Crippen molar-refractivity contribution in [2.45, 2.75) is 6.42 Å². The van der Waals surface area contributed by atoms with Gasteiger partial charge < -0.3 is 5.73 Å². The van der Waals surface area contributed by atoms with Crippen LogP contribution in [0.15, 0.2) is 42.0 Å². The molecule has 0 radical (unpaired) electrons. The van der Waals surface area contributed by atoms with Gasteiger partial charge in [-0.3, -0.25) is 10.1 Å². The summed E-state index contributed by atoms with van der Waals surface area (Å²) in [5, 5.41) is 10.6. The molecule has 0 saturated carbocycles. The Kier molecular flexibility index (Phi) is 2.93. The molecule has 0 amide bonds. The number of nitro groups is 1. The smallest absolute Gasteiger partial charge is 0.270 e. The van der Waals surface area contributed by atoms with Gasteiger partial charge in [0, 0.05) is 23.4 Å². The first-order valence-electron chi connectivity index (χ1n) is 5.08. The molecule has 1 aliphatic carbocycles. The Morgan fingerprint density at radius 3 is 2.82 bits per heavy atom. The van der Waals surface area contributed by atoms with E-state index in [0.29, 0.717) is 11.3 Å². The Morgan fingerprint density at radius 1 is 1.35 bits per heavy atom. The van der Waals surface area contributed by atoms with E-state index < -0.39 is 4.92 Å². The number of rotatable bonds is 1. The number of hydrogen-bond acceptors (Lipinski definition) is 3. The van der Waals surface area contributed by atoms with Crippen LogP contribution in [0.25, 0.3) is 0 Å². The molecule has 0 heterocycles. The molecule has 1 aliphatic rings. The standard InChI is InChI=1S/C13H10N2O2/c14-13-8-7-12(15(16)17)9-11(13)6-5-10-3-1-2-4-10/h1-3,7-9H,4,14H2. The average Bonchev–Trinajstić information content (AvgIpc) is 2.80. The van der Waals surface area contributed by atoms with Gasteiger partial charge in [0.1, 0.15) is 0 Å². The molecule has 0 spiro atoms. The summed E-state index contributed by atoms with van der Waals surface area (Å²) in [6, 6.07) is 4.27. The van der Waals surface area contributed by atoms with Gasteiger partial charge in [-0.2, -0.15) is 0 Å². The third kappa shape index (κ3) is 2.52. The fraction of sp³-hybridized carbons (Fsp3) is 0.0769. The zero-order chi connectivity index (χ0) is 12.3. The maximum atomic E-state index is 10.6. The quantitative estimate of drug-likeness (QED) is 0.346. The summed E-state index contributed by atoms with van der Waals surface area (Å²) >= 11 is 0. The van der Waals surface area contributed by atoms with Crippen molar-refractivity contribution in [2.24, 2.45) is 0 Å². The molecule has 2 N–H and O–H groups in total. The first-order chi connectivity index (χ1) is 8.16. The second-order valence-electron chi connectivity index (χ2n) is 3.60. The van der Waals surface area contributed by atoms with Crippen LogP contribution in [-0.2, 0) is 0 Å². The average molecular weight is 226 g/mol. The van der Waals surface area contributed by atoms with Crippen LogP contribution in [0.2, 0.25) is 0 Å². The van der Waals surface area contributed by atoms with Crippen LogP contribution in [0.1, 0.15) is 12.0 Å². The van der Waals surface area contributed by atoms with Crippen molar-refractivity contribution in [3.63, 3.8) is 0 Å². The summed E-state index contributed by atoms with van der Waals surface area (Å²) in [6.07, 6.45) is 6.66. The lowest BCUT2D eigenvalue weighted by atomic mass is 10.1. The molecule has 0 aromatic heterocycles. The van der Waals surface area contributed by atoms with Crippen LogP contribution in [0.3, 0.4) is 0 Å². The van der Waals surface area contributed by atoms with Gasteiger partial charge in [0.15, 0.2) is 0 Å². The summed E-state index contributed by atoms with van der Waals surface area (Å²) in [5.41, 5.74) is 7.64.